The van der Waals surface area contributed by atoms with Crippen LogP contribution in [-0.2, 0) is 29.0 Å². The number of carbonyl (C=O) groups is 2. The third-order valence-electron chi connectivity index (χ3n) is 4.89. The number of benzene rings is 1. The van der Waals surface area contributed by atoms with Crippen LogP contribution in [0.15, 0.2) is 24.3 Å². The van der Waals surface area contributed by atoms with E-state index in [-0.39, 0.29) is 24.3 Å². The smallest absolute Gasteiger partial charge is 0.338 e. The summed E-state index contributed by atoms with van der Waals surface area (Å²) in [6.07, 6.45) is 2.93. The lowest BCUT2D eigenvalue weighted by atomic mass is 10.0. The van der Waals surface area contributed by atoms with Crippen LogP contribution < -0.4 is 0 Å². The van der Waals surface area contributed by atoms with Crippen LogP contribution >= 0.6 is 0 Å². The van der Waals surface area contributed by atoms with Crippen LogP contribution in [0, 0.1) is 0 Å². The Bertz CT molecular complexity index is 773. The predicted molar refractivity (Wildman–Crippen MR) is 137 cm³/mol. The Hall–Kier alpha value is -2.00. The number of ether oxygens (including phenoxy) is 2. The summed E-state index contributed by atoms with van der Waals surface area (Å²) >= 11 is 0. The highest BCUT2D eigenvalue weighted by molar-refractivity contribution is 5.95. The van der Waals surface area contributed by atoms with Crippen molar-refractivity contribution in [3.05, 3.63) is 35.4 Å². The molecule has 0 aliphatic heterocycles. The zero-order chi connectivity index (χ0) is 27.6. The van der Waals surface area contributed by atoms with E-state index in [0.717, 1.165) is 12.8 Å². The SMILES string of the molecule is CCCC(C)(COC(=O)c1cccc(C(=O)OCC(C)(CCC)OOC(C)(C)C)c1)OOC(C)(C)C. The molecule has 0 aliphatic carbocycles. The van der Waals surface area contributed by atoms with Gasteiger partial charge in [0.15, 0.2) is 0 Å². The zero-order valence-electron chi connectivity index (χ0n) is 23.8. The molecule has 1 rings (SSSR count). The highest BCUT2D eigenvalue weighted by atomic mass is 17.2. The molecule has 1 aromatic carbocycles. The van der Waals surface area contributed by atoms with Gasteiger partial charge in [0.05, 0.1) is 22.3 Å². The molecule has 0 saturated heterocycles. The monoisotopic (exact) mass is 510 g/mol. The van der Waals surface area contributed by atoms with Crippen molar-refractivity contribution < 1.29 is 38.6 Å². The Morgan fingerprint density at radius 1 is 0.639 bits per heavy atom. The summed E-state index contributed by atoms with van der Waals surface area (Å²) in [5.74, 6) is -1.13. The van der Waals surface area contributed by atoms with Crippen molar-refractivity contribution in [2.75, 3.05) is 13.2 Å². The van der Waals surface area contributed by atoms with E-state index in [4.69, 9.17) is 29.0 Å². The van der Waals surface area contributed by atoms with E-state index in [9.17, 15) is 9.59 Å². The van der Waals surface area contributed by atoms with Gasteiger partial charge in [-0.2, -0.15) is 0 Å². The van der Waals surface area contributed by atoms with Crippen molar-refractivity contribution in [2.24, 2.45) is 0 Å². The number of rotatable bonds is 14. The standard InChI is InChI=1S/C28H46O8/c1-11-16-27(9,35-33-25(3,4)5)19-31-23(29)21-14-13-15-22(18-21)24(30)32-20-28(10,17-12-2)36-34-26(6,7)8/h13-15,18H,11-12,16-17,19-20H2,1-10H3. The Kier molecular flexibility index (Phi) is 12.0. The normalized spacial score (nSPS) is 15.6. The van der Waals surface area contributed by atoms with Gasteiger partial charge in [-0.1, -0.05) is 32.8 Å². The first kappa shape index (κ1) is 32.0. The Morgan fingerprint density at radius 2 is 1.00 bits per heavy atom. The Labute approximate surface area is 216 Å². The highest BCUT2D eigenvalue weighted by Gasteiger charge is 2.32. The van der Waals surface area contributed by atoms with Crippen LogP contribution in [-0.4, -0.2) is 47.6 Å². The van der Waals surface area contributed by atoms with E-state index >= 15 is 0 Å². The van der Waals surface area contributed by atoms with Gasteiger partial charge in [-0.15, -0.1) is 0 Å². The van der Waals surface area contributed by atoms with Gasteiger partial charge in [-0.05, 0) is 86.4 Å². The van der Waals surface area contributed by atoms with Crippen LogP contribution in [0.2, 0.25) is 0 Å². The van der Waals surface area contributed by atoms with Crippen molar-refractivity contribution in [1.29, 1.82) is 0 Å². The maximum absolute atomic E-state index is 12.7. The van der Waals surface area contributed by atoms with E-state index < -0.39 is 34.3 Å². The molecule has 2 atom stereocenters. The fraction of sp³-hybridized carbons (Fsp3) is 0.714. The summed E-state index contributed by atoms with van der Waals surface area (Å²) in [7, 11) is 0. The van der Waals surface area contributed by atoms with Crippen molar-refractivity contribution in [3.63, 3.8) is 0 Å². The number of hydrogen-bond donors (Lipinski definition) is 0. The second kappa shape index (κ2) is 13.5. The second-order valence-corrected chi connectivity index (χ2v) is 11.7. The van der Waals surface area contributed by atoms with Crippen LogP contribution in [0.5, 0.6) is 0 Å². The van der Waals surface area contributed by atoms with Crippen molar-refractivity contribution in [2.45, 2.75) is 117 Å². The number of esters is 2. The van der Waals surface area contributed by atoms with Crippen molar-refractivity contribution in [1.82, 2.24) is 0 Å². The molecule has 0 heterocycles. The van der Waals surface area contributed by atoms with Crippen LogP contribution in [0.3, 0.4) is 0 Å². The summed E-state index contributed by atoms with van der Waals surface area (Å²) in [6, 6.07) is 6.24. The average molecular weight is 511 g/mol. The van der Waals surface area contributed by atoms with Crippen molar-refractivity contribution >= 4 is 11.9 Å². The molecule has 0 aliphatic rings. The molecule has 0 amide bonds. The fourth-order valence-corrected chi connectivity index (χ4v) is 3.16. The van der Waals surface area contributed by atoms with Gasteiger partial charge in [0.1, 0.15) is 24.4 Å². The van der Waals surface area contributed by atoms with Gasteiger partial charge in [0, 0.05) is 0 Å². The minimum absolute atomic E-state index is 0.00488. The van der Waals surface area contributed by atoms with E-state index in [1.165, 1.54) is 6.07 Å². The largest absolute Gasteiger partial charge is 0.459 e. The molecule has 0 N–H and O–H groups in total. The lowest BCUT2D eigenvalue weighted by molar-refractivity contribution is -0.405. The molecule has 206 valence electrons. The van der Waals surface area contributed by atoms with Crippen LogP contribution in [0.25, 0.3) is 0 Å². The van der Waals surface area contributed by atoms with Crippen LogP contribution in [0.1, 0.15) is 116 Å². The molecular formula is C28H46O8. The first-order valence-electron chi connectivity index (χ1n) is 12.7. The molecule has 0 saturated carbocycles. The van der Waals surface area contributed by atoms with Crippen molar-refractivity contribution in [3.8, 4) is 0 Å². The maximum Gasteiger partial charge on any atom is 0.338 e. The van der Waals surface area contributed by atoms with Gasteiger partial charge in [0.25, 0.3) is 0 Å². The molecule has 0 aromatic heterocycles. The molecule has 36 heavy (non-hydrogen) atoms. The average Bonchev–Trinajstić information content (AvgIpc) is 2.78. The van der Waals surface area contributed by atoms with E-state index in [1.807, 2.05) is 69.2 Å². The molecule has 2 unspecified atom stereocenters. The van der Waals surface area contributed by atoms with E-state index in [0.29, 0.717) is 12.8 Å². The summed E-state index contributed by atoms with van der Waals surface area (Å²) < 4.78 is 11.0. The van der Waals surface area contributed by atoms with Gasteiger partial charge >= 0.3 is 11.9 Å². The summed E-state index contributed by atoms with van der Waals surface area (Å²) in [5.41, 5.74) is -2.11. The molecule has 8 nitrogen and oxygen atoms in total. The molecule has 0 bridgehead atoms. The minimum atomic E-state index is -0.799. The number of hydrogen-bond acceptors (Lipinski definition) is 8. The molecule has 0 fully saturated rings. The third-order valence-corrected chi connectivity index (χ3v) is 4.89. The summed E-state index contributed by atoms with van der Waals surface area (Å²) in [4.78, 5) is 47.7. The number of carbonyl (C=O) groups excluding carboxylic acids is 2. The molecule has 0 spiro atoms. The minimum Gasteiger partial charge on any atom is -0.459 e. The molecule has 0 radical (unpaired) electrons. The van der Waals surface area contributed by atoms with Gasteiger partial charge < -0.3 is 9.47 Å². The summed E-state index contributed by atoms with van der Waals surface area (Å²) in [5, 5.41) is 0. The first-order valence-corrected chi connectivity index (χ1v) is 12.7. The van der Waals surface area contributed by atoms with Gasteiger partial charge in [-0.3, -0.25) is 0 Å². The highest BCUT2D eigenvalue weighted by Crippen LogP contribution is 2.24. The molecule has 1 aromatic rings. The van der Waals surface area contributed by atoms with Gasteiger partial charge in [-0.25, -0.2) is 29.1 Å². The fourth-order valence-electron chi connectivity index (χ4n) is 3.16. The van der Waals surface area contributed by atoms with E-state index in [2.05, 4.69) is 0 Å². The Morgan fingerprint density at radius 3 is 1.31 bits per heavy atom. The lowest BCUT2D eigenvalue weighted by Gasteiger charge is -2.31. The first-order chi connectivity index (χ1) is 16.5. The van der Waals surface area contributed by atoms with Crippen LogP contribution in [0.4, 0.5) is 0 Å². The topological polar surface area (TPSA) is 89.5 Å². The zero-order valence-corrected chi connectivity index (χ0v) is 23.8. The predicted octanol–water partition coefficient (Wildman–Crippen LogP) is 6.61. The molecule has 8 heteroatoms. The lowest BCUT2D eigenvalue weighted by Crippen LogP contribution is -2.38. The summed E-state index contributed by atoms with van der Waals surface area (Å²) in [6.45, 7) is 19.0. The van der Waals surface area contributed by atoms with Gasteiger partial charge in [0.2, 0.25) is 0 Å². The Balaban J connectivity index is 2.82. The van der Waals surface area contributed by atoms with E-state index in [1.54, 1.807) is 18.2 Å². The second-order valence-electron chi connectivity index (χ2n) is 11.7. The third kappa shape index (κ3) is 12.3. The molecular weight excluding hydrogens is 464 g/mol. The maximum atomic E-state index is 12.7. The quantitative estimate of drug-likeness (QED) is 0.157.